The Morgan fingerprint density at radius 2 is 1.81 bits per heavy atom. The van der Waals surface area contributed by atoms with E-state index in [1.165, 1.54) is 11.1 Å². The van der Waals surface area contributed by atoms with Gasteiger partial charge in [0.1, 0.15) is 12.4 Å². The van der Waals surface area contributed by atoms with E-state index in [1.807, 2.05) is 24.3 Å². The van der Waals surface area contributed by atoms with Crippen LogP contribution >= 0.6 is 0 Å². The van der Waals surface area contributed by atoms with Gasteiger partial charge in [-0.05, 0) is 67.6 Å². The third-order valence-corrected chi connectivity index (χ3v) is 5.58. The lowest BCUT2D eigenvalue weighted by molar-refractivity contribution is -0.122. The minimum absolute atomic E-state index is 0.100. The molecule has 2 aliphatic heterocycles. The number of carbonyl (C=O) groups is 1. The zero-order valence-electron chi connectivity index (χ0n) is 15.6. The lowest BCUT2D eigenvalue weighted by Gasteiger charge is -2.32. The molecule has 4 nitrogen and oxygen atoms in total. The molecule has 27 heavy (non-hydrogen) atoms. The van der Waals surface area contributed by atoms with Crippen molar-refractivity contribution < 1.29 is 13.9 Å². The van der Waals surface area contributed by atoms with Crippen molar-refractivity contribution >= 4 is 11.6 Å². The van der Waals surface area contributed by atoms with Crippen molar-refractivity contribution in [3.05, 3.63) is 59.2 Å². The molecule has 1 amide bonds. The fourth-order valence-electron chi connectivity index (χ4n) is 3.91. The molecule has 0 bridgehead atoms. The second kappa shape index (κ2) is 7.69. The highest BCUT2D eigenvalue weighted by Gasteiger charge is 2.24. The number of carbonyl (C=O) groups excluding carboxylic acids is 1. The van der Waals surface area contributed by atoms with Crippen molar-refractivity contribution in [1.82, 2.24) is 4.90 Å². The normalized spacial score (nSPS) is 20.7. The molecule has 0 aliphatic carbocycles. The molecule has 0 radical (unpaired) electrons. The van der Waals surface area contributed by atoms with Crippen LogP contribution in [-0.2, 0) is 18.0 Å². The summed E-state index contributed by atoms with van der Waals surface area (Å²) in [5, 5.41) is 2.87. The number of nitrogens with zero attached hydrogens (tertiary/aromatic N) is 1. The maximum Gasteiger partial charge on any atom is 0.265 e. The molecule has 0 spiro atoms. The van der Waals surface area contributed by atoms with E-state index in [-0.39, 0.29) is 5.91 Å². The maximum atomic E-state index is 12.7. The zero-order valence-corrected chi connectivity index (χ0v) is 15.6. The van der Waals surface area contributed by atoms with Gasteiger partial charge in [-0.2, -0.15) is 0 Å². The molecule has 1 atom stereocenters. The molecule has 4 rings (SSSR count). The van der Waals surface area contributed by atoms with Crippen LogP contribution in [0, 0.1) is 0 Å². The van der Waals surface area contributed by atoms with Gasteiger partial charge in [0.15, 0.2) is 6.10 Å². The highest BCUT2D eigenvalue weighted by molar-refractivity contribution is 5.97. The van der Waals surface area contributed by atoms with Crippen molar-refractivity contribution in [2.75, 3.05) is 18.4 Å². The lowest BCUT2D eigenvalue weighted by Crippen LogP contribution is -2.35. The number of hydrogen-bond acceptors (Lipinski definition) is 3. The minimum atomic E-state index is -0.452. The Hall–Kier alpha value is -2.40. The monoisotopic (exact) mass is 368 g/mol. The number of alkyl halides is 1. The number of amides is 1. The van der Waals surface area contributed by atoms with Crippen LogP contribution in [0.1, 0.15) is 42.4 Å². The number of ether oxygens (including phenoxy) is 1. The largest absolute Gasteiger partial charge is 0.479 e. The maximum absolute atomic E-state index is 12.7. The van der Waals surface area contributed by atoms with Gasteiger partial charge in [0.2, 0.25) is 0 Å². The molecule has 2 aromatic rings. The number of hydrogen-bond donors (Lipinski definition) is 1. The number of halogens is 1. The van der Waals surface area contributed by atoms with Crippen LogP contribution in [0.3, 0.4) is 0 Å². The molecular formula is C22H25FN2O2. The number of benzene rings is 2. The molecule has 1 fully saturated rings. The number of rotatable bonds is 4. The van der Waals surface area contributed by atoms with Crippen LogP contribution < -0.4 is 10.1 Å². The first-order valence-electron chi connectivity index (χ1n) is 9.60. The van der Waals surface area contributed by atoms with E-state index in [1.54, 1.807) is 6.92 Å². The van der Waals surface area contributed by atoms with Gasteiger partial charge in [0.05, 0.1) is 5.69 Å². The van der Waals surface area contributed by atoms with Crippen LogP contribution in [-0.4, -0.2) is 30.0 Å². The van der Waals surface area contributed by atoms with E-state index < -0.39 is 12.8 Å². The van der Waals surface area contributed by atoms with E-state index in [0.29, 0.717) is 5.92 Å². The summed E-state index contributed by atoms with van der Waals surface area (Å²) in [6.45, 7) is 4.33. The molecule has 0 aromatic heterocycles. The molecule has 1 saturated heterocycles. The molecule has 0 saturated carbocycles. The predicted molar refractivity (Wildman–Crippen MR) is 104 cm³/mol. The smallest absolute Gasteiger partial charge is 0.265 e. The van der Waals surface area contributed by atoms with E-state index >= 15 is 0 Å². The Morgan fingerprint density at radius 3 is 2.52 bits per heavy atom. The fourth-order valence-corrected chi connectivity index (χ4v) is 3.91. The van der Waals surface area contributed by atoms with Gasteiger partial charge >= 0.3 is 0 Å². The van der Waals surface area contributed by atoms with Crippen molar-refractivity contribution in [1.29, 1.82) is 0 Å². The van der Waals surface area contributed by atoms with Crippen LogP contribution in [0.2, 0.25) is 0 Å². The molecule has 2 aromatic carbocycles. The highest BCUT2D eigenvalue weighted by atomic mass is 19.1. The summed E-state index contributed by atoms with van der Waals surface area (Å²) in [4.78, 5) is 14.1. The molecule has 142 valence electrons. The fraction of sp³-hybridized carbons (Fsp3) is 0.409. The third-order valence-electron chi connectivity index (χ3n) is 5.58. The third kappa shape index (κ3) is 3.98. The number of fused-ring (bicyclic) bond motifs is 1. The lowest BCUT2D eigenvalue weighted by atomic mass is 9.89. The second-order valence-electron chi connectivity index (χ2n) is 7.51. The van der Waals surface area contributed by atoms with Crippen molar-refractivity contribution in [2.24, 2.45) is 0 Å². The van der Waals surface area contributed by atoms with E-state index in [0.717, 1.165) is 49.5 Å². The molecule has 1 unspecified atom stereocenters. The van der Waals surface area contributed by atoms with Crippen molar-refractivity contribution in [2.45, 2.75) is 45.0 Å². The number of likely N-dealkylation sites (tertiary alicyclic amines) is 1. The van der Waals surface area contributed by atoms with Crippen LogP contribution in [0.25, 0.3) is 0 Å². The average molecular weight is 368 g/mol. The highest BCUT2D eigenvalue weighted by Crippen LogP contribution is 2.32. The van der Waals surface area contributed by atoms with E-state index in [2.05, 4.69) is 28.4 Å². The zero-order chi connectivity index (χ0) is 18.8. The summed E-state index contributed by atoms with van der Waals surface area (Å²) in [7, 11) is 0. The number of anilines is 1. The van der Waals surface area contributed by atoms with Gasteiger partial charge in [-0.1, -0.05) is 30.3 Å². The minimum Gasteiger partial charge on any atom is -0.479 e. The van der Waals surface area contributed by atoms with Crippen molar-refractivity contribution in [3.8, 4) is 5.75 Å². The topological polar surface area (TPSA) is 41.6 Å². The summed E-state index contributed by atoms with van der Waals surface area (Å²) < 4.78 is 18.4. The quantitative estimate of drug-likeness (QED) is 0.877. The van der Waals surface area contributed by atoms with Gasteiger partial charge in [-0.25, -0.2) is 4.39 Å². The Bertz CT molecular complexity index is 814. The summed E-state index contributed by atoms with van der Waals surface area (Å²) in [5.74, 6) is 1.21. The van der Waals surface area contributed by atoms with Gasteiger partial charge in [-0.15, -0.1) is 0 Å². The Kier molecular flexibility index (Phi) is 5.12. The van der Waals surface area contributed by atoms with Crippen LogP contribution in [0.5, 0.6) is 5.75 Å². The first-order valence-corrected chi connectivity index (χ1v) is 9.60. The van der Waals surface area contributed by atoms with Crippen LogP contribution in [0.15, 0.2) is 42.5 Å². The molecule has 5 heteroatoms. The van der Waals surface area contributed by atoms with E-state index in [4.69, 9.17) is 4.74 Å². The van der Waals surface area contributed by atoms with Crippen LogP contribution in [0.4, 0.5) is 10.1 Å². The van der Waals surface area contributed by atoms with Gasteiger partial charge in [0, 0.05) is 6.54 Å². The summed E-state index contributed by atoms with van der Waals surface area (Å²) in [6, 6.07) is 14.0. The SMILES string of the molecule is CC1Oc2cc(CN3CCC(c4ccc(CF)cc4)CC3)ccc2NC1=O. The Balaban J connectivity index is 1.35. The van der Waals surface area contributed by atoms with Gasteiger partial charge < -0.3 is 10.1 Å². The predicted octanol–water partition coefficient (Wildman–Crippen LogP) is 4.26. The number of piperidine rings is 1. The molecule has 2 heterocycles. The average Bonchev–Trinajstić information content (AvgIpc) is 2.70. The van der Waals surface area contributed by atoms with Gasteiger partial charge in [-0.3, -0.25) is 9.69 Å². The first kappa shape index (κ1) is 18.0. The number of nitrogens with one attached hydrogen (secondary N) is 1. The van der Waals surface area contributed by atoms with E-state index in [9.17, 15) is 9.18 Å². The Morgan fingerprint density at radius 1 is 1.11 bits per heavy atom. The molecular weight excluding hydrogens is 343 g/mol. The van der Waals surface area contributed by atoms with Crippen molar-refractivity contribution in [3.63, 3.8) is 0 Å². The summed E-state index contributed by atoms with van der Waals surface area (Å²) in [6.07, 6.45) is 1.78. The standard InChI is InChI=1S/C22H25FN2O2/c1-15-22(26)24-20-7-4-17(12-21(20)27-15)14-25-10-8-19(9-11-25)18-5-2-16(13-23)3-6-18/h2-7,12,15,19H,8-11,13-14H2,1H3,(H,24,26). The second-order valence-corrected chi connectivity index (χ2v) is 7.51. The molecule has 1 N–H and O–H groups in total. The summed E-state index contributed by atoms with van der Waals surface area (Å²) in [5.41, 5.74) is 4.01. The molecule has 2 aliphatic rings. The first-order chi connectivity index (χ1) is 13.1. The summed E-state index contributed by atoms with van der Waals surface area (Å²) >= 11 is 0. The Labute approximate surface area is 159 Å². The van der Waals surface area contributed by atoms with Gasteiger partial charge in [0.25, 0.3) is 5.91 Å².